The summed E-state index contributed by atoms with van der Waals surface area (Å²) in [6, 6.07) is 16.2. The van der Waals surface area contributed by atoms with Crippen LogP contribution in [0.1, 0.15) is 28.7 Å². The molecule has 28 heavy (non-hydrogen) atoms. The van der Waals surface area contributed by atoms with Gasteiger partial charge >= 0.3 is 5.97 Å². The lowest BCUT2D eigenvalue weighted by Gasteiger charge is -2.14. The zero-order chi connectivity index (χ0) is 19.9. The number of nitrogens with one attached hydrogen (secondary N) is 2. The highest BCUT2D eigenvalue weighted by molar-refractivity contribution is 7.18. The van der Waals surface area contributed by atoms with Crippen LogP contribution >= 0.6 is 11.3 Å². The molecule has 0 saturated heterocycles. The molecule has 8 heteroatoms. The first-order valence-corrected chi connectivity index (χ1v) is 9.54. The number of thiazole rings is 1. The second-order valence-corrected chi connectivity index (χ2v) is 7.13. The van der Waals surface area contributed by atoms with Crippen molar-refractivity contribution in [3.63, 3.8) is 0 Å². The predicted octanol–water partition coefficient (Wildman–Crippen LogP) is 2.62. The lowest BCUT2D eigenvalue weighted by Crippen LogP contribution is -2.46. The van der Waals surface area contributed by atoms with Crippen LogP contribution < -0.4 is 10.9 Å². The van der Waals surface area contributed by atoms with E-state index in [2.05, 4.69) is 15.8 Å². The summed E-state index contributed by atoms with van der Waals surface area (Å²) in [6.07, 6.45) is -0.468. The number of esters is 1. The van der Waals surface area contributed by atoms with E-state index in [4.69, 9.17) is 4.74 Å². The van der Waals surface area contributed by atoms with Gasteiger partial charge in [0.2, 0.25) is 0 Å². The Morgan fingerprint density at radius 3 is 2.50 bits per heavy atom. The monoisotopic (exact) mass is 397 g/mol. The van der Waals surface area contributed by atoms with E-state index in [1.165, 1.54) is 18.3 Å². The van der Waals surface area contributed by atoms with Gasteiger partial charge in [0.25, 0.3) is 11.8 Å². The fraction of sp³-hybridized carbons (Fsp3) is 0.200. The summed E-state index contributed by atoms with van der Waals surface area (Å²) in [5.74, 6) is -1.57. The molecule has 1 heterocycles. The van der Waals surface area contributed by atoms with Crippen LogP contribution in [0.2, 0.25) is 0 Å². The van der Waals surface area contributed by atoms with Crippen molar-refractivity contribution in [2.75, 3.05) is 0 Å². The summed E-state index contributed by atoms with van der Waals surface area (Å²) in [5.41, 5.74) is 5.85. The third-order valence-electron chi connectivity index (χ3n) is 3.89. The SMILES string of the molecule is C[C@@H](OC(=O)CCc1nc2ccccc2s1)C(=O)NNC(=O)c1ccccc1. The quantitative estimate of drug-likeness (QED) is 0.492. The average Bonchev–Trinajstić information content (AvgIpc) is 3.14. The third-order valence-corrected chi connectivity index (χ3v) is 4.99. The molecule has 0 spiro atoms. The molecule has 0 aliphatic rings. The number of hydrazine groups is 1. The van der Waals surface area contributed by atoms with Gasteiger partial charge < -0.3 is 4.74 Å². The van der Waals surface area contributed by atoms with Crippen molar-refractivity contribution in [1.29, 1.82) is 0 Å². The maximum atomic E-state index is 12.0. The summed E-state index contributed by atoms with van der Waals surface area (Å²) in [6.45, 7) is 1.44. The number of carbonyl (C=O) groups excluding carboxylic acids is 3. The van der Waals surface area contributed by atoms with Crippen molar-refractivity contribution >= 4 is 39.3 Å². The normalized spacial score (nSPS) is 11.6. The first kappa shape index (κ1) is 19.5. The molecule has 0 aliphatic heterocycles. The molecule has 2 amide bonds. The first-order valence-electron chi connectivity index (χ1n) is 8.72. The summed E-state index contributed by atoms with van der Waals surface area (Å²) in [5, 5.41) is 0.838. The van der Waals surface area contributed by atoms with Gasteiger partial charge in [-0.05, 0) is 31.2 Å². The standard InChI is InChI=1S/C20H19N3O4S/c1-13(19(25)22-23-20(26)14-7-3-2-4-8-14)27-18(24)12-11-17-21-15-9-5-6-10-16(15)28-17/h2-10,13H,11-12H2,1H3,(H,22,25)(H,23,26)/t13-/m1/s1. The zero-order valence-electron chi connectivity index (χ0n) is 15.2. The van der Waals surface area contributed by atoms with Crippen LogP contribution in [0, 0.1) is 0 Å². The minimum absolute atomic E-state index is 0.119. The van der Waals surface area contributed by atoms with E-state index < -0.39 is 23.9 Å². The number of hydrogen-bond acceptors (Lipinski definition) is 6. The highest BCUT2D eigenvalue weighted by Crippen LogP contribution is 2.22. The van der Waals surface area contributed by atoms with Gasteiger partial charge in [-0.15, -0.1) is 11.3 Å². The molecule has 0 bridgehead atoms. The minimum Gasteiger partial charge on any atom is -0.452 e. The van der Waals surface area contributed by atoms with Gasteiger partial charge in [-0.1, -0.05) is 30.3 Å². The van der Waals surface area contributed by atoms with Gasteiger partial charge in [0.1, 0.15) is 0 Å². The summed E-state index contributed by atoms with van der Waals surface area (Å²) in [7, 11) is 0. The second kappa shape index (κ2) is 9.09. The number of nitrogens with zero attached hydrogens (tertiary/aromatic N) is 1. The smallest absolute Gasteiger partial charge is 0.306 e. The molecule has 0 radical (unpaired) electrons. The predicted molar refractivity (Wildman–Crippen MR) is 106 cm³/mol. The van der Waals surface area contributed by atoms with Gasteiger partial charge in [0.05, 0.1) is 21.6 Å². The number of aryl methyl sites for hydroxylation is 1. The van der Waals surface area contributed by atoms with Crippen molar-refractivity contribution in [3.05, 3.63) is 65.2 Å². The van der Waals surface area contributed by atoms with Crippen LogP contribution in [-0.2, 0) is 20.7 Å². The van der Waals surface area contributed by atoms with Crippen LogP contribution in [0.4, 0.5) is 0 Å². The molecule has 7 nitrogen and oxygen atoms in total. The Morgan fingerprint density at radius 1 is 1.04 bits per heavy atom. The summed E-state index contributed by atoms with van der Waals surface area (Å²) < 4.78 is 6.18. The highest BCUT2D eigenvalue weighted by atomic mass is 32.1. The number of rotatable bonds is 6. The van der Waals surface area contributed by atoms with Gasteiger partial charge in [-0.25, -0.2) is 4.98 Å². The molecule has 2 aromatic carbocycles. The fourth-order valence-corrected chi connectivity index (χ4v) is 3.39. The van der Waals surface area contributed by atoms with Gasteiger partial charge in [-0.3, -0.25) is 25.2 Å². The van der Waals surface area contributed by atoms with E-state index in [1.807, 2.05) is 24.3 Å². The molecular weight excluding hydrogens is 378 g/mol. The van der Waals surface area contributed by atoms with E-state index in [9.17, 15) is 14.4 Å². The lowest BCUT2D eigenvalue weighted by molar-refractivity contribution is -0.155. The van der Waals surface area contributed by atoms with E-state index in [-0.39, 0.29) is 6.42 Å². The van der Waals surface area contributed by atoms with Gasteiger partial charge in [0.15, 0.2) is 6.10 Å². The number of ether oxygens (including phenoxy) is 1. The minimum atomic E-state index is -1.03. The maximum Gasteiger partial charge on any atom is 0.306 e. The molecule has 0 aliphatic carbocycles. The molecule has 0 saturated carbocycles. The number of hydrogen-bond donors (Lipinski definition) is 2. The van der Waals surface area contributed by atoms with Crippen molar-refractivity contribution in [2.45, 2.75) is 25.9 Å². The molecule has 2 N–H and O–H groups in total. The van der Waals surface area contributed by atoms with Crippen molar-refractivity contribution in [2.24, 2.45) is 0 Å². The number of carbonyl (C=O) groups is 3. The lowest BCUT2D eigenvalue weighted by atomic mass is 10.2. The third kappa shape index (κ3) is 5.14. The molecule has 3 aromatic rings. The molecule has 0 unspecified atom stereocenters. The molecular formula is C20H19N3O4S. The molecule has 1 atom stereocenters. The number of fused-ring (bicyclic) bond motifs is 1. The average molecular weight is 397 g/mol. The fourth-order valence-electron chi connectivity index (χ4n) is 2.43. The Labute approximate surface area is 165 Å². The van der Waals surface area contributed by atoms with E-state index in [0.717, 1.165) is 15.2 Å². The first-order chi connectivity index (χ1) is 13.5. The van der Waals surface area contributed by atoms with E-state index in [1.54, 1.807) is 30.3 Å². The highest BCUT2D eigenvalue weighted by Gasteiger charge is 2.19. The Bertz CT molecular complexity index is 954. The molecule has 144 valence electrons. The molecule has 1 aromatic heterocycles. The van der Waals surface area contributed by atoms with Crippen LogP contribution in [0.15, 0.2) is 54.6 Å². The zero-order valence-corrected chi connectivity index (χ0v) is 16.0. The van der Waals surface area contributed by atoms with Crippen LogP contribution in [0.25, 0.3) is 10.2 Å². The number of amides is 2. The number of benzene rings is 2. The largest absolute Gasteiger partial charge is 0.452 e. The van der Waals surface area contributed by atoms with Crippen molar-refractivity contribution in [1.82, 2.24) is 15.8 Å². The Morgan fingerprint density at radius 2 is 1.75 bits per heavy atom. The number of para-hydroxylation sites is 1. The van der Waals surface area contributed by atoms with Crippen molar-refractivity contribution in [3.8, 4) is 0 Å². The summed E-state index contributed by atoms with van der Waals surface area (Å²) >= 11 is 1.53. The Hall–Kier alpha value is -3.26. The molecule has 3 rings (SSSR count). The maximum absolute atomic E-state index is 12.0. The van der Waals surface area contributed by atoms with Crippen LogP contribution in [-0.4, -0.2) is 28.9 Å². The Balaban J connectivity index is 1.42. The molecule has 0 fully saturated rings. The van der Waals surface area contributed by atoms with E-state index in [0.29, 0.717) is 12.0 Å². The van der Waals surface area contributed by atoms with E-state index >= 15 is 0 Å². The van der Waals surface area contributed by atoms with Gasteiger partial charge in [0, 0.05) is 12.0 Å². The second-order valence-electron chi connectivity index (χ2n) is 6.02. The summed E-state index contributed by atoms with van der Waals surface area (Å²) in [4.78, 5) is 40.3. The Kier molecular flexibility index (Phi) is 6.33. The van der Waals surface area contributed by atoms with Gasteiger partial charge in [-0.2, -0.15) is 0 Å². The van der Waals surface area contributed by atoms with Crippen molar-refractivity contribution < 1.29 is 19.1 Å². The van der Waals surface area contributed by atoms with Crippen LogP contribution in [0.5, 0.6) is 0 Å². The number of aromatic nitrogens is 1. The van der Waals surface area contributed by atoms with Crippen LogP contribution in [0.3, 0.4) is 0 Å². The topological polar surface area (TPSA) is 97.4 Å².